The maximum absolute atomic E-state index is 10.8. The minimum absolute atomic E-state index is 2.20. The number of hydrogen-bond donors (Lipinski definition) is 7. The van der Waals surface area contributed by atoms with Crippen LogP contribution in [0.4, 0.5) is 0 Å². The Hall–Kier alpha value is -0.480. The summed E-state index contributed by atoms with van der Waals surface area (Å²) in [6.45, 7) is 0. The summed E-state index contributed by atoms with van der Waals surface area (Å²) in [5.41, 5.74) is -4.40. The van der Waals surface area contributed by atoms with E-state index >= 15 is 0 Å². The molecule has 11 nitrogen and oxygen atoms in total. The van der Waals surface area contributed by atoms with Crippen LogP contribution in [-0.4, -0.2) is 64.3 Å². The van der Waals surface area contributed by atoms with Crippen LogP contribution in [-0.2, 0) is 18.7 Å². The van der Waals surface area contributed by atoms with Crippen LogP contribution in [0.1, 0.15) is 0 Å². The van der Waals surface area contributed by atoms with Crippen molar-refractivity contribution in [3.05, 3.63) is 0 Å². The number of carbonyl (C=O) groups is 2. The summed E-state index contributed by atoms with van der Waals surface area (Å²) >= 11 is 0. The van der Waals surface area contributed by atoms with Gasteiger partial charge in [-0.3, -0.25) is 18.7 Å². The van der Waals surface area contributed by atoms with E-state index in [-0.39, 0.29) is 0 Å². The topological polar surface area (TPSA) is 210 Å². The Balaban J connectivity index is 5.03. The Kier molecular flexibility index (Phi) is 5.51. The molecule has 0 bridgehead atoms. The predicted octanol–water partition coefficient (Wildman–Crippen LogP) is -3.52. The molecule has 0 amide bonds. The third-order valence-electron chi connectivity index (χ3n) is 1.73. The van der Waals surface area contributed by atoms with Crippen LogP contribution in [0.25, 0.3) is 0 Å². The molecule has 0 fully saturated rings. The lowest BCUT2D eigenvalue weighted by Crippen LogP contribution is -2.45. The molecule has 0 rings (SSSR count). The maximum atomic E-state index is 10.8. The van der Waals surface area contributed by atoms with Crippen LogP contribution in [0.3, 0.4) is 0 Å². The van der Waals surface area contributed by atoms with Gasteiger partial charge in [0.1, 0.15) is 6.10 Å². The summed E-state index contributed by atoms with van der Waals surface area (Å²) in [5.74, 6) is 0. The smallest absolute Gasteiger partial charge is 0.387 e. The summed E-state index contributed by atoms with van der Waals surface area (Å²) in [5, 5.41) is 26.9. The zero-order valence-electron chi connectivity index (χ0n) is 8.39. The first-order chi connectivity index (χ1) is 7.80. The van der Waals surface area contributed by atoms with E-state index in [1.54, 1.807) is 0 Å². The van der Waals surface area contributed by atoms with Crippen LogP contribution in [0, 0.1) is 0 Å². The van der Waals surface area contributed by atoms with Crippen molar-refractivity contribution < 1.29 is 53.6 Å². The second-order valence-electron chi connectivity index (χ2n) is 3.14. The fourth-order valence-corrected chi connectivity index (χ4v) is 1.80. The standard InChI is InChI=1S/C5H10O11P2/c6-1(2(7)4(9)17(11,12)13)3(8)5(10)18(14,15)16/h1-3,6-8H,(H2,11,12,13)(H2,14,15,16)/t1-,2+,3-. The summed E-state index contributed by atoms with van der Waals surface area (Å²) in [6.07, 6.45) is -8.54. The van der Waals surface area contributed by atoms with Crippen LogP contribution in [0.15, 0.2) is 0 Å². The normalized spacial score (nSPS) is 17.9. The molecule has 0 heterocycles. The number of aliphatic hydroxyl groups excluding tert-OH is 3. The Morgan fingerprint density at radius 2 is 0.944 bits per heavy atom. The van der Waals surface area contributed by atoms with Crippen molar-refractivity contribution >= 4 is 26.2 Å². The first kappa shape index (κ1) is 17.5. The highest BCUT2D eigenvalue weighted by molar-refractivity contribution is 7.70. The molecule has 0 unspecified atom stereocenters. The van der Waals surface area contributed by atoms with Crippen molar-refractivity contribution in [2.45, 2.75) is 18.3 Å². The van der Waals surface area contributed by atoms with Gasteiger partial charge in [-0.15, -0.1) is 0 Å². The first-order valence-electron chi connectivity index (χ1n) is 4.04. The van der Waals surface area contributed by atoms with Gasteiger partial charge >= 0.3 is 15.2 Å². The summed E-state index contributed by atoms with van der Waals surface area (Å²) in [7, 11) is -10.9. The van der Waals surface area contributed by atoms with Crippen LogP contribution in [0.5, 0.6) is 0 Å². The van der Waals surface area contributed by atoms with Crippen molar-refractivity contribution in [1.29, 1.82) is 0 Å². The maximum Gasteiger partial charge on any atom is 0.394 e. The zero-order chi connectivity index (χ0) is 14.9. The van der Waals surface area contributed by atoms with E-state index in [9.17, 15) is 18.7 Å². The molecule has 0 spiro atoms. The monoisotopic (exact) mass is 308 g/mol. The number of carbonyl (C=O) groups excluding carboxylic acids is 2. The molecule has 7 N–H and O–H groups in total. The molecular formula is C5H10O11P2. The Morgan fingerprint density at radius 1 is 0.722 bits per heavy atom. The summed E-state index contributed by atoms with van der Waals surface area (Å²) < 4.78 is 20.8. The molecule has 0 aromatic heterocycles. The highest BCUT2D eigenvalue weighted by Gasteiger charge is 2.45. The van der Waals surface area contributed by atoms with Crippen molar-refractivity contribution in [3.63, 3.8) is 0 Å². The predicted molar refractivity (Wildman–Crippen MR) is 52.1 cm³/mol. The van der Waals surface area contributed by atoms with Gasteiger partial charge in [0.2, 0.25) is 0 Å². The highest BCUT2D eigenvalue weighted by Crippen LogP contribution is 2.40. The summed E-state index contributed by atoms with van der Waals surface area (Å²) in [6, 6.07) is 0. The van der Waals surface area contributed by atoms with E-state index in [2.05, 4.69) is 0 Å². The molecular weight excluding hydrogens is 298 g/mol. The molecule has 0 aliphatic heterocycles. The first-order valence-corrected chi connectivity index (χ1v) is 7.26. The lowest BCUT2D eigenvalue weighted by atomic mass is 10.1. The largest absolute Gasteiger partial charge is 0.394 e. The van der Waals surface area contributed by atoms with Crippen molar-refractivity contribution in [3.8, 4) is 0 Å². The molecule has 106 valence electrons. The molecule has 18 heavy (non-hydrogen) atoms. The van der Waals surface area contributed by atoms with Gasteiger partial charge in [0.25, 0.3) is 11.0 Å². The average molecular weight is 308 g/mol. The Morgan fingerprint density at radius 3 is 1.11 bits per heavy atom. The van der Waals surface area contributed by atoms with Crippen molar-refractivity contribution in [2.24, 2.45) is 0 Å². The van der Waals surface area contributed by atoms with E-state index in [0.717, 1.165) is 0 Å². The number of aliphatic hydroxyl groups is 3. The fraction of sp³-hybridized carbons (Fsp3) is 0.600. The fourth-order valence-electron chi connectivity index (χ4n) is 0.809. The quantitative estimate of drug-likeness (QED) is 0.239. The third-order valence-corrected chi connectivity index (χ3v) is 3.40. The van der Waals surface area contributed by atoms with Gasteiger partial charge in [0.15, 0.2) is 12.2 Å². The van der Waals surface area contributed by atoms with Crippen LogP contribution in [0.2, 0.25) is 0 Å². The van der Waals surface area contributed by atoms with Crippen LogP contribution < -0.4 is 0 Å². The number of hydrogen-bond acceptors (Lipinski definition) is 7. The second kappa shape index (κ2) is 5.66. The number of rotatable bonds is 6. The second-order valence-corrected chi connectivity index (χ2v) is 6.20. The van der Waals surface area contributed by atoms with Gasteiger partial charge in [0.05, 0.1) is 0 Å². The SMILES string of the molecule is O=C([C@@H](O)[C@@H](O)[C@@H](O)C(=O)P(=O)(O)O)P(=O)(O)O. The Labute approximate surface area is 99.0 Å². The van der Waals surface area contributed by atoms with E-state index in [1.165, 1.54) is 0 Å². The van der Waals surface area contributed by atoms with Crippen molar-refractivity contribution in [2.75, 3.05) is 0 Å². The van der Waals surface area contributed by atoms with Gasteiger partial charge in [0, 0.05) is 0 Å². The molecule has 0 saturated heterocycles. The molecule has 3 atom stereocenters. The molecule has 0 saturated carbocycles. The van der Waals surface area contributed by atoms with E-state index in [4.69, 9.17) is 34.9 Å². The summed E-state index contributed by atoms with van der Waals surface area (Å²) in [4.78, 5) is 55.0. The molecule has 0 aliphatic rings. The molecule has 0 aliphatic carbocycles. The lowest BCUT2D eigenvalue weighted by Gasteiger charge is -2.21. The lowest BCUT2D eigenvalue weighted by molar-refractivity contribution is -0.139. The minimum Gasteiger partial charge on any atom is -0.387 e. The minimum atomic E-state index is -5.44. The Bertz CT molecular complexity index is 391. The van der Waals surface area contributed by atoms with E-state index in [1.807, 2.05) is 0 Å². The molecule has 0 aromatic carbocycles. The molecule has 13 heteroatoms. The van der Waals surface area contributed by atoms with Gasteiger partial charge in [-0.05, 0) is 0 Å². The van der Waals surface area contributed by atoms with Crippen molar-refractivity contribution in [1.82, 2.24) is 0 Å². The average Bonchev–Trinajstić information content (AvgIpc) is 2.21. The third kappa shape index (κ3) is 4.32. The van der Waals surface area contributed by atoms with Gasteiger partial charge < -0.3 is 34.9 Å². The highest BCUT2D eigenvalue weighted by atomic mass is 31.2. The zero-order valence-corrected chi connectivity index (χ0v) is 10.2. The van der Waals surface area contributed by atoms with Gasteiger partial charge in [-0.25, -0.2) is 0 Å². The van der Waals surface area contributed by atoms with Crippen LogP contribution >= 0.6 is 15.2 Å². The molecule has 0 aromatic rings. The van der Waals surface area contributed by atoms with Gasteiger partial charge in [-0.1, -0.05) is 0 Å². The van der Waals surface area contributed by atoms with E-state index in [0.29, 0.717) is 0 Å². The van der Waals surface area contributed by atoms with Gasteiger partial charge in [-0.2, -0.15) is 0 Å². The van der Waals surface area contributed by atoms with E-state index < -0.39 is 44.6 Å². The molecule has 0 radical (unpaired) electrons.